The summed E-state index contributed by atoms with van der Waals surface area (Å²) >= 11 is 0. The van der Waals surface area contributed by atoms with Gasteiger partial charge in [-0.1, -0.05) is 39.0 Å². The van der Waals surface area contributed by atoms with Crippen molar-refractivity contribution in [1.82, 2.24) is 10.6 Å². The molecule has 1 amide bonds. The van der Waals surface area contributed by atoms with Gasteiger partial charge in [-0.25, -0.2) is 0 Å². The van der Waals surface area contributed by atoms with Gasteiger partial charge in [0.25, 0.3) is 0 Å². The highest BCUT2D eigenvalue weighted by molar-refractivity contribution is 5.81. The normalized spacial score (nSPS) is 36.2. The summed E-state index contributed by atoms with van der Waals surface area (Å²) < 4.78 is 0. The number of allylic oxidation sites excluding steroid dienone is 2. The molecule has 2 N–H and O–H groups in total. The van der Waals surface area contributed by atoms with Crippen molar-refractivity contribution >= 4 is 5.91 Å². The van der Waals surface area contributed by atoms with Crippen LogP contribution in [0.15, 0.2) is 24.8 Å². The van der Waals surface area contributed by atoms with Crippen molar-refractivity contribution in [2.24, 2.45) is 22.7 Å². The van der Waals surface area contributed by atoms with E-state index >= 15 is 0 Å². The standard InChI is InChI=1S/C17H30N2O/c1-9-17(6)12(11(2)3)10-16(4,5)14(18-7)13(17)15(20)19-8/h9,12-14,18H,1-2,10H2,3-8H3,(H,19,20)/t12-,13+,14-,17-/m0/s1. The number of carbonyl (C=O) groups is 1. The molecule has 0 unspecified atom stereocenters. The number of hydrogen-bond acceptors (Lipinski definition) is 2. The van der Waals surface area contributed by atoms with Gasteiger partial charge in [-0.05, 0) is 31.7 Å². The number of carbonyl (C=O) groups excluding carboxylic acids is 1. The first-order valence-electron chi connectivity index (χ1n) is 7.33. The fourth-order valence-electron chi connectivity index (χ4n) is 4.02. The Morgan fingerprint density at radius 2 is 1.85 bits per heavy atom. The van der Waals surface area contributed by atoms with Crippen LogP contribution in [0.4, 0.5) is 0 Å². The molecule has 1 fully saturated rings. The van der Waals surface area contributed by atoms with Crippen molar-refractivity contribution < 1.29 is 4.79 Å². The molecule has 0 bridgehead atoms. The molecule has 0 spiro atoms. The molecule has 0 saturated heterocycles. The highest BCUT2D eigenvalue weighted by atomic mass is 16.1. The van der Waals surface area contributed by atoms with Crippen LogP contribution >= 0.6 is 0 Å². The largest absolute Gasteiger partial charge is 0.359 e. The third-order valence-electron chi connectivity index (χ3n) is 5.20. The molecule has 3 heteroatoms. The van der Waals surface area contributed by atoms with Crippen LogP contribution in [0, 0.1) is 22.7 Å². The van der Waals surface area contributed by atoms with E-state index in [9.17, 15) is 4.79 Å². The van der Waals surface area contributed by atoms with Crippen LogP contribution in [0.25, 0.3) is 0 Å². The Hall–Kier alpha value is -1.09. The van der Waals surface area contributed by atoms with Crippen molar-refractivity contribution in [2.75, 3.05) is 14.1 Å². The first-order chi connectivity index (χ1) is 9.15. The second-order valence-electron chi connectivity index (χ2n) is 7.02. The lowest BCUT2D eigenvalue weighted by molar-refractivity contribution is -0.135. The molecule has 114 valence electrons. The number of amides is 1. The lowest BCUT2D eigenvalue weighted by Crippen LogP contribution is -2.62. The summed E-state index contributed by atoms with van der Waals surface area (Å²) in [5.41, 5.74) is 0.872. The molecule has 4 atom stereocenters. The molecule has 3 nitrogen and oxygen atoms in total. The van der Waals surface area contributed by atoms with Crippen LogP contribution in [0.3, 0.4) is 0 Å². The quantitative estimate of drug-likeness (QED) is 0.776. The van der Waals surface area contributed by atoms with E-state index in [2.05, 4.69) is 51.5 Å². The van der Waals surface area contributed by atoms with Crippen LogP contribution in [-0.4, -0.2) is 26.0 Å². The maximum Gasteiger partial charge on any atom is 0.225 e. The van der Waals surface area contributed by atoms with E-state index < -0.39 is 0 Å². The maximum atomic E-state index is 12.5. The van der Waals surface area contributed by atoms with Gasteiger partial charge in [0.1, 0.15) is 0 Å². The van der Waals surface area contributed by atoms with Crippen molar-refractivity contribution in [3.63, 3.8) is 0 Å². The monoisotopic (exact) mass is 278 g/mol. The van der Waals surface area contributed by atoms with Gasteiger partial charge in [0, 0.05) is 18.5 Å². The Morgan fingerprint density at radius 1 is 1.30 bits per heavy atom. The summed E-state index contributed by atoms with van der Waals surface area (Å²) in [6.45, 7) is 16.8. The molecule has 0 aliphatic heterocycles. The second kappa shape index (κ2) is 5.72. The van der Waals surface area contributed by atoms with Gasteiger partial charge in [-0.3, -0.25) is 4.79 Å². The first-order valence-corrected chi connectivity index (χ1v) is 7.33. The van der Waals surface area contributed by atoms with E-state index in [0.29, 0.717) is 0 Å². The summed E-state index contributed by atoms with van der Waals surface area (Å²) in [4.78, 5) is 12.5. The minimum atomic E-state index is -0.283. The summed E-state index contributed by atoms with van der Waals surface area (Å²) in [7, 11) is 3.64. The zero-order valence-electron chi connectivity index (χ0n) is 13.8. The fourth-order valence-corrected chi connectivity index (χ4v) is 4.02. The molecule has 0 radical (unpaired) electrons. The predicted octanol–water partition coefficient (Wildman–Crippen LogP) is 2.75. The van der Waals surface area contributed by atoms with E-state index in [1.807, 2.05) is 13.1 Å². The lowest BCUT2D eigenvalue weighted by Gasteiger charge is -2.56. The zero-order valence-corrected chi connectivity index (χ0v) is 13.8. The van der Waals surface area contributed by atoms with Crippen molar-refractivity contribution in [1.29, 1.82) is 0 Å². The number of hydrogen-bond donors (Lipinski definition) is 2. The molecule has 1 aliphatic rings. The van der Waals surface area contributed by atoms with Crippen LogP contribution in [0.1, 0.15) is 34.1 Å². The van der Waals surface area contributed by atoms with Gasteiger partial charge >= 0.3 is 0 Å². The van der Waals surface area contributed by atoms with Crippen LogP contribution in [0.5, 0.6) is 0 Å². The molecule has 20 heavy (non-hydrogen) atoms. The van der Waals surface area contributed by atoms with Gasteiger partial charge in [-0.2, -0.15) is 0 Å². The number of rotatable bonds is 4. The molecule has 0 aromatic carbocycles. The minimum absolute atomic E-state index is 0.0259. The van der Waals surface area contributed by atoms with Gasteiger partial charge < -0.3 is 10.6 Å². The van der Waals surface area contributed by atoms with Gasteiger partial charge in [0.05, 0.1) is 5.92 Å². The maximum absolute atomic E-state index is 12.5. The molecular weight excluding hydrogens is 248 g/mol. The van der Waals surface area contributed by atoms with Gasteiger partial charge in [-0.15, -0.1) is 6.58 Å². The molecule has 1 aliphatic carbocycles. The van der Waals surface area contributed by atoms with Gasteiger partial charge in [0.15, 0.2) is 0 Å². The summed E-state index contributed by atoms with van der Waals surface area (Å²) in [5, 5.41) is 6.20. The SMILES string of the molecule is C=C[C@@]1(C)[C@H](C(=C)C)CC(C)(C)[C@@H](NC)[C@@H]1C(=O)NC. The van der Waals surface area contributed by atoms with E-state index in [1.54, 1.807) is 7.05 Å². The topological polar surface area (TPSA) is 41.1 Å². The zero-order chi connectivity index (χ0) is 15.7. The van der Waals surface area contributed by atoms with Crippen LogP contribution in [-0.2, 0) is 4.79 Å². The first kappa shape index (κ1) is 17.0. The molecular formula is C17H30N2O. The Labute approximate surface area is 123 Å². The molecule has 1 rings (SSSR count). The van der Waals surface area contributed by atoms with Crippen LogP contribution < -0.4 is 10.6 Å². The van der Waals surface area contributed by atoms with Crippen LogP contribution in [0.2, 0.25) is 0 Å². The third-order valence-corrected chi connectivity index (χ3v) is 5.20. The van der Waals surface area contributed by atoms with Crippen molar-refractivity contribution in [2.45, 2.75) is 40.2 Å². The summed E-state index contributed by atoms with van der Waals surface area (Å²) in [6, 6.07) is 0.112. The minimum Gasteiger partial charge on any atom is -0.359 e. The van der Waals surface area contributed by atoms with E-state index in [-0.39, 0.29) is 34.6 Å². The molecule has 0 aromatic rings. The van der Waals surface area contributed by atoms with Crippen molar-refractivity contribution in [3.05, 3.63) is 24.8 Å². The molecule has 0 aromatic heterocycles. The summed E-state index contributed by atoms with van der Waals surface area (Å²) in [5.74, 6) is 0.188. The third kappa shape index (κ3) is 2.56. The lowest BCUT2D eigenvalue weighted by atomic mass is 9.50. The Balaban J connectivity index is 3.44. The van der Waals surface area contributed by atoms with E-state index in [1.165, 1.54) is 0 Å². The van der Waals surface area contributed by atoms with E-state index in [4.69, 9.17) is 0 Å². The fraction of sp³-hybridized carbons (Fsp3) is 0.706. The average Bonchev–Trinajstić information content (AvgIpc) is 2.39. The predicted molar refractivity (Wildman–Crippen MR) is 85.4 cm³/mol. The second-order valence-corrected chi connectivity index (χ2v) is 7.02. The van der Waals surface area contributed by atoms with Crippen molar-refractivity contribution in [3.8, 4) is 0 Å². The molecule has 0 heterocycles. The van der Waals surface area contributed by atoms with Gasteiger partial charge in [0.2, 0.25) is 5.91 Å². The Kier molecular flexibility index (Phi) is 4.86. The van der Waals surface area contributed by atoms with E-state index in [0.717, 1.165) is 12.0 Å². The number of nitrogens with one attached hydrogen (secondary N) is 2. The average molecular weight is 278 g/mol. The highest BCUT2D eigenvalue weighted by Crippen LogP contribution is 2.55. The smallest absolute Gasteiger partial charge is 0.225 e. The highest BCUT2D eigenvalue weighted by Gasteiger charge is 2.55. The molecule has 1 saturated carbocycles. The Bertz CT molecular complexity index is 413. The summed E-state index contributed by atoms with van der Waals surface area (Å²) in [6.07, 6.45) is 2.95. The Morgan fingerprint density at radius 3 is 2.20 bits per heavy atom.